The van der Waals surface area contributed by atoms with Crippen molar-refractivity contribution in [3.8, 4) is 0 Å². The summed E-state index contributed by atoms with van der Waals surface area (Å²) in [5.74, 6) is -0.147. The summed E-state index contributed by atoms with van der Waals surface area (Å²) in [5.41, 5.74) is 8.31. The molecule has 19 heavy (non-hydrogen) atoms. The molecule has 0 fully saturated rings. The van der Waals surface area contributed by atoms with Gasteiger partial charge in [0.2, 0.25) is 0 Å². The highest BCUT2D eigenvalue weighted by Gasteiger charge is 2.21. The lowest BCUT2D eigenvalue weighted by molar-refractivity contribution is 0.0773. The predicted molar refractivity (Wildman–Crippen MR) is 75.0 cm³/mol. The van der Waals surface area contributed by atoms with Crippen LogP contribution in [0.3, 0.4) is 0 Å². The highest BCUT2D eigenvalue weighted by Crippen LogP contribution is 2.18. The van der Waals surface area contributed by atoms with E-state index in [9.17, 15) is 4.79 Å². The zero-order chi connectivity index (χ0) is 14.2. The first-order chi connectivity index (χ1) is 8.90. The second-order valence-corrected chi connectivity index (χ2v) is 5.55. The second kappa shape index (κ2) is 5.00. The molecule has 2 rings (SSSR count). The van der Waals surface area contributed by atoms with E-state index >= 15 is 0 Å². The third kappa shape index (κ3) is 2.60. The molecule has 2 aromatic heterocycles. The van der Waals surface area contributed by atoms with Crippen molar-refractivity contribution in [2.45, 2.75) is 20.4 Å². The molecule has 0 saturated carbocycles. The van der Waals surface area contributed by atoms with Gasteiger partial charge in [-0.15, -0.1) is 11.3 Å². The summed E-state index contributed by atoms with van der Waals surface area (Å²) in [6, 6.07) is 0. The van der Waals surface area contributed by atoms with Crippen LogP contribution in [0.15, 0.2) is 5.38 Å². The Kier molecular flexibility index (Phi) is 3.57. The molecule has 2 heterocycles. The number of nitrogens with two attached hydrogens (primary N) is 1. The van der Waals surface area contributed by atoms with Gasteiger partial charge in [-0.25, -0.2) is 4.98 Å². The topological polar surface area (TPSA) is 77.0 Å². The van der Waals surface area contributed by atoms with Crippen molar-refractivity contribution in [1.82, 2.24) is 19.7 Å². The van der Waals surface area contributed by atoms with Gasteiger partial charge in [0.15, 0.2) is 0 Å². The Hall–Kier alpha value is -1.89. The quantitative estimate of drug-likeness (QED) is 0.920. The summed E-state index contributed by atoms with van der Waals surface area (Å²) in [6.07, 6.45) is 0. The highest BCUT2D eigenvalue weighted by atomic mass is 32.1. The van der Waals surface area contributed by atoms with E-state index in [0.29, 0.717) is 23.6 Å². The molecule has 2 aromatic rings. The third-order valence-corrected chi connectivity index (χ3v) is 3.71. The van der Waals surface area contributed by atoms with Crippen LogP contribution in [0.25, 0.3) is 0 Å². The van der Waals surface area contributed by atoms with Crippen molar-refractivity contribution >= 4 is 22.9 Å². The van der Waals surface area contributed by atoms with Gasteiger partial charge >= 0.3 is 0 Å². The number of rotatable bonds is 3. The summed E-state index contributed by atoms with van der Waals surface area (Å²) in [6.45, 7) is 4.20. The van der Waals surface area contributed by atoms with Crippen molar-refractivity contribution in [1.29, 1.82) is 0 Å². The first-order valence-corrected chi connectivity index (χ1v) is 6.73. The largest absolute Gasteiger partial charge is 0.395 e. The minimum Gasteiger partial charge on any atom is -0.395 e. The molecule has 0 atom stereocenters. The molecule has 1 amide bonds. The molecule has 6 nitrogen and oxygen atoms in total. The van der Waals surface area contributed by atoms with E-state index in [-0.39, 0.29) is 5.91 Å². The number of carbonyl (C=O) groups is 1. The van der Waals surface area contributed by atoms with E-state index in [2.05, 4.69) is 10.1 Å². The summed E-state index contributed by atoms with van der Waals surface area (Å²) < 4.78 is 1.52. The molecular formula is C12H17N5OS. The number of amides is 1. The summed E-state index contributed by atoms with van der Waals surface area (Å²) in [5, 5.41) is 7.10. The Balaban J connectivity index is 2.19. The van der Waals surface area contributed by atoms with Crippen LogP contribution in [0.1, 0.15) is 26.9 Å². The lowest BCUT2D eigenvalue weighted by Gasteiger charge is -2.16. The molecule has 0 radical (unpaired) electrons. The number of aryl methyl sites for hydroxylation is 3. The molecule has 0 aromatic carbocycles. The number of nitrogen functional groups attached to an aromatic ring is 1. The van der Waals surface area contributed by atoms with E-state index < -0.39 is 0 Å². The first kappa shape index (κ1) is 13.5. The number of hydrogen-bond donors (Lipinski definition) is 1. The van der Waals surface area contributed by atoms with E-state index in [0.717, 1.165) is 10.7 Å². The fourth-order valence-corrected chi connectivity index (χ4v) is 2.51. The first-order valence-electron chi connectivity index (χ1n) is 5.85. The lowest BCUT2D eigenvalue weighted by Crippen LogP contribution is -2.28. The number of carbonyl (C=O) groups excluding carboxylic acids is 1. The van der Waals surface area contributed by atoms with Crippen molar-refractivity contribution < 1.29 is 4.79 Å². The van der Waals surface area contributed by atoms with Crippen LogP contribution < -0.4 is 5.73 Å². The van der Waals surface area contributed by atoms with Gasteiger partial charge in [-0.2, -0.15) is 5.10 Å². The van der Waals surface area contributed by atoms with E-state index in [1.165, 1.54) is 4.68 Å². The summed E-state index contributed by atoms with van der Waals surface area (Å²) in [7, 11) is 3.45. The van der Waals surface area contributed by atoms with Gasteiger partial charge in [-0.3, -0.25) is 9.48 Å². The highest BCUT2D eigenvalue weighted by molar-refractivity contribution is 7.09. The Morgan fingerprint density at radius 2 is 2.21 bits per heavy atom. The van der Waals surface area contributed by atoms with E-state index in [1.807, 2.05) is 12.3 Å². The molecule has 0 aliphatic carbocycles. The molecule has 0 bridgehead atoms. The minimum atomic E-state index is -0.147. The Morgan fingerprint density at radius 1 is 1.53 bits per heavy atom. The van der Waals surface area contributed by atoms with Gasteiger partial charge in [0.25, 0.3) is 5.91 Å². The maximum absolute atomic E-state index is 12.4. The average Bonchev–Trinajstić information content (AvgIpc) is 2.84. The molecule has 102 valence electrons. The Bertz CT molecular complexity index is 616. The van der Waals surface area contributed by atoms with Crippen molar-refractivity contribution in [3.63, 3.8) is 0 Å². The number of aromatic nitrogens is 3. The zero-order valence-corrected chi connectivity index (χ0v) is 12.3. The van der Waals surface area contributed by atoms with Crippen LogP contribution in [0.5, 0.6) is 0 Å². The monoisotopic (exact) mass is 279 g/mol. The summed E-state index contributed by atoms with van der Waals surface area (Å²) in [4.78, 5) is 18.3. The van der Waals surface area contributed by atoms with Crippen molar-refractivity contribution in [2.75, 3.05) is 12.8 Å². The van der Waals surface area contributed by atoms with E-state index in [4.69, 9.17) is 5.73 Å². The maximum Gasteiger partial charge on any atom is 0.274 e. The van der Waals surface area contributed by atoms with Gasteiger partial charge in [-0.1, -0.05) is 0 Å². The smallest absolute Gasteiger partial charge is 0.274 e. The standard InChI is InChI=1S/C12H17N5OS/c1-7-10(13)11(17(4)15-7)12(18)16(3)5-9-6-19-8(2)14-9/h6H,5,13H2,1-4H3. The molecule has 0 aliphatic rings. The van der Waals surface area contributed by atoms with Crippen LogP contribution in [-0.4, -0.2) is 32.6 Å². The van der Waals surface area contributed by atoms with Crippen LogP contribution >= 0.6 is 11.3 Å². The van der Waals surface area contributed by atoms with Crippen molar-refractivity contribution in [3.05, 3.63) is 27.5 Å². The van der Waals surface area contributed by atoms with Gasteiger partial charge < -0.3 is 10.6 Å². The van der Waals surface area contributed by atoms with Crippen LogP contribution in [0, 0.1) is 13.8 Å². The molecular weight excluding hydrogens is 262 g/mol. The number of hydrogen-bond acceptors (Lipinski definition) is 5. The van der Waals surface area contributed by atoms with Crippen LogP contribution in [0.2, 0.25) is 0 Å². The molecule has 2 N–H and O–H groups in total. The van der Waals surface area contributed by atoms with Crippen LogP contribution in [-0.2, 0) is 13.6 Å². The normalized spacial score (nSPS) is 10.7. The Morgan fingerprint density at radius 3 is 2.68 bits per heavy atom. The van der Waals surface area contributed by atoms with Gasteiger partial charge in [0.05, 0.1) is 28.6 Å². The second-order valence-electron chi connectivity index (χ2n) is 4.49. The molecule has 0 unspecified atom stereocenters. The number of nitrogens with zero attached hydrogens (tertiary/aromatic N) is 4. The van der Waals surface area contributed by atoms with Crippen molar-refractivity contribution in [2.24, 2.45) is 7.05 Å². The predicted octanol–water partition coefficient (Wildman–Crippen LogP) is 1.35. The van der Waals surface area contributed by atoms with Gasteiger partial charge in [0.1, 0.15) is 5.69 Å². The van der Waals surface area contributed by atoms with Gasteiger partial charge in [0, 0.05) is 19.5 Å². The lowest BCUT2D eigenvalue weighted by atomic mass is 10.2. The zero-order valence-electron chi connectivity index (χ0n) is 11.5. The SMILES string of the molecule is Cc1nc(CN(C)C(=O)c2c(N)c(C)nn2C)cs1. The number of anilines is 1. The van der Waals surface area contributed by atoms with Crippen LogP contribution in [0.4, 0.5) is 5.69 Å². The Labute approximate surface area is 115 Å². The fourth-order valence-electron chi connectivity index (χ4n) is 1.90. The molecule has 0 aliphatic heterocycles. The van der Waals surface area contributed by atoms with E-state index in [1.54, 1.807) is 37.3 Å². The van der Waals surface area contributed by atoms with Gasteiger partial charge in [-0.05, 0) is 13.8 Å². The molecule has 0 spiro atoms. The minimum absolute atomic E-state index is 0.147. The number of thiazole rings is 1. The average molecular weight is 279 g/mol. The fraction of sp³-hybridized carbons (Fsp3) is 0.417. The third-order valence-electron chi connectivity index (χ3n) is 2.88. The maximum atomic E-state index is 12.4. The molecule has 0 saturated heterocycles. The summed E-state index contributed by atoms with van der Waals surface area (Å²) >= 11 is 1.57. The molecule has 7 heteroatoms.